The zero-order chi connectivity index (χ0) is 37.1. The Hall–Kier alpha value is -4.99. The average Bonchev–Trinajstić information content (AvgIpc) is 3.20. The summed E-state index contributed by atoms with van der Waals surface area (Å²) >= 11 is 0. The molecule has 0 spiro atoms. The van der Waals surface area contributed by atoms with Gasteiger partial charge in [0.1, 0.15) is 11.5 Å². The summed E-state index contributed by atoms with van der Waals surface area (Å²) < 4.78 is 19.4. The quantitative estimate of drug-likeness (QED) is 0.126. The Morgan fingerprint density at radius 2 is 1.41 bits per heavy atom. The van der Waals surface area contributed by atoms with Crippen molar-refractivity contribution in [1.82, 2.24) is 10.2 Å². The minimum absolute atomic E-state index is 0.0137. The Bertz CT molecular complexity index is 1910. The number of aliphatic hydroxyl groups is 1. The molecule has 0 saturated carbocycles. The van der Waals surface area contributed by atoms with Crippen molar-refractivity contribution in [2.24, 2.45) is 5.92 Å². The molecule has 8 heteroatoms. The summed E-state index contributed by atoms with van der Waals surface area (Å²) in [5.74, 6) is 1.61. The number of aliphatic hydroxyl groups excluding tert-OH is 1. The van der Waals surface area contributed by atoms with Gasteiger partial charge in [0.05, 0.1) is 18.8 Å². The normalized spacial score (nSPS) is 20.7. The molecule has 2 aliphatic rings. The molecule has 0 aliphatic carbocycles. The number of carbonyl (C=O) groups is 1. The van der Waals surface area contributed by atoms with E-state index in [1.807, 2.05) is 78.9 Å². The Kier molecular flexibility index (Phi) is 12.7. The van der Waals surface area contributed by atoms with Gasteiger partial charge in [-0.05, 0) is 96.2 Å². The topological polar surface area (TPSA) is 92.3 Å². The fourth-order valence-corrected chi connectivity index (χ4v) is 7.36. The molecule has 5 aromatic rings. The lowest BCUT2D eigenvalue weighted by molar-refractivity contribution is -0.276. The van der Waals surface area contributed by atoms with Gasteiger partial charge < -0.3 is 34.9 Å². The van der Waals surface area contributed by atoms with E-state index in [0.29, 0.717) is 18.0 Å². The van der Waals surface area contributed by atoms with E-state index in [4.69, 9.17) is 14.2 Å². The van der Waals surface area contributed by atoms with Gasteiger partial charge in [-0.3, -0.25) is 0 Å². The van der Waals surface area contributed by atoms with Gasteiger partial charge in [0.2, 0.25) is 0 Å². The number of rotatable bonds is 11. The number of ether oxygens (including phenoxy) is 3. The van der Waals surface area contributed by atoms with E-state index in [2.05, 4.69) is 71.0 Å². The summed E-state index contributed by atoms with van der Waals surface area (Å²) in [6.07, 6.45) is 5.78. The first-order chi connectivity index (χ1) is 26.5. The number of hydrogen-bond acceptors (Lipinski definition) is 6. The van der Waals surface area contributed by atoms with Crippen LogP contribution in [0.4, 0.5) is 10.5 Å². The second-order valence-corrected chi connectivity index (χ2v) is 14.5. The van der Waals surface area contributed by atoms with E-state index in [1.165, 1.54) is 32.1 Å². The Morgan fingerprint density at radius 1 is 0.722 bits per heavy atom. The second-order valence-electron chi connectivity index (χ2n) is 14.5. The van der Waals surface area contributed by atoms with Gasteiger partial charge in [-0.15, -0.1) is 0 Å². The minimum Gasteiger partial charge on any atom is -0.457 e. The molecule has 0 bridgehead atoms. The predicted molar refractivity (Wildman–Crippen MR) is 213 cm³/mol. The first-order valence-corrected chi connectivity index (χ1v) is 19.3. The lowest BCUT2D eigenvalue weighted by Gasteiger charge is -2.43. The van der Waals surface area contributed by atoms with Crippen molar-refractivity contribution in [2.75, 3.05) is 25.0 Å². The highest BCUT2D eigenvalue weighted by Gasteiger charge is 2.39. The summed E-state index contributed by atoms with van der Waals surface area (Å²) in [4.78, 5) is 15.3. The van der Waals surface area contributed by atoms with E-state index in [0.717, 1.165) is 58.8 Å². The summed E-state index contributed by atoms with van der Waals surface area (Å²) in [7, 11) is 0. The minimum atomic E-state index is -0.501. The van der Waals surface area contributed by atoms with Gasteiger partial charge in [0, 0.05) is 30.3 Å². The lowest BCUT2D eigenvalue weighted by Crippen LogP contribution is -2.45. The predicted octanol–water partition coefficient (Wildman–Crippen LogP) is 10.0. The van der Waals surface area contributed by atoms with Crippen LogP contribution in [0.15, 0.2) is 127 Å². The fraction of sp³-hybridized carbons (Fsp3) is 0.326. The van der Waals surface area contributed by atoms with Crippen molar-refractivity contribution in [2.45, 2.75) is 70.7 Å². The van der Waals surface area contributed by atoms with Crippen LogP contribution in [0.1, 0.15) is 73.7 Å². The van der Waals surface area contributed by atoms with Gasteiger partial charge >= 0.3 is 6.03 Å². The van der Waals surface area contributed by atoms with Crippen molar-refractivity contribution < 1.29 is 24.1 Å². The Morgan fingerprint density at radius 3 is 2.13 bits per heavy atom. The van der Waals surface area contributed by atoms with Crippen molar-refractivity contribution in [3.05, 3.63) is 150 Å². The Balaban J connectivity index is 0.985. The number of amides is 2. The molecule has 2 saturated heterocycles. The Labute approximate surface area is 319 Å². The summed E-state index contributed by atoms with van der Waals surface area (Å²) in [5, 5.41) is 15.5. The molecule has 3 N–H and O–H groups in total. The molecular weight excluding hydrogens is 675 g/mol. The molecule has 0 unspecified atom stereocenters. The molecule has 2 aliphatic heterocycles. The molecule has 8 nitrogen and oxygen atoms in total. The van der Waals surface area contributed by atoms with Crippen LogP contribution in [0.5, 0.6) is 11.5 Å². The summed E-state index contributed by atoms with van der Waals surface area (Å²) in [5.41, 5.74) is 6.78. The first-order valence-electron chi connectivity index (χ1n) is 19.3. The van der Waals surface area contributed by atoms with Gasteiger partial charge in [0.25, 0.3) is 0 Å². The van der Waals surface area contributed by atoms with Crippen LogP contribution < -0.4 is 15.4 Å². The highest BCUT2D eigenvalue weighted by Crippen LogP contribution is 2.42. The highest BCUT2D eigenvalue weighted by atomic mass is 16.7. The number of benzene rings is 5. The van der Waals surface area contributed by atoms with Crippen molar-refractivity contribution in [3.63, 3.8) is 0 Å². The van der Waals surface area contributed by atoms with Gasteiger partial charge in [-0.2, -0.15) is 0 Å². The number of anilines is 1. The van der Waals surface area contributed by atoms with Crippen molar-refractivity contribution in [1.29, 1.82) is 0 Å². The van der Waals surface area contributed by atoms with Gasteiger partial charge in [-0.1, -0.05) is 111 Å². The standard InChI is InChI=1S/C46H51N3O5/c1-33-43(31-49-27-8-3-2-4-9-28-49)53-45(54-44(33)37-17-15-34(32-50)16-18-37)38-21-19-36(20-22-38)39-12-10-11-35(29-39)30-47-46(51)48-40-23-25-42(26-24-40)52-41-13-6-5-7-14-41/h5-7,10-26,29,33,43-45,50H,2-4,8-9,27-28,30-32H2,1H3,(H2,47,48,51)/t33-,43+,44+,45+/m0/s1. The van der Waals surface area contributed by atoms with Crippen molar-refractivity contribution >= 4 is 11.7 Å². The smallest absolute Gasteiger partial charge is 0.319 e. The van der Waals surface area contributed by atoms with Gasteiger partial charge in [0.15, 0.2) is 6.29 Å². The first kappa shape index (κ1) is 37.3. The third kappa shape index (κ3) is 9.95. The number of nitrogens with one attached hydrogen (secondary N) is 2. The highest BCUT2D eigenvalue weighted by molar-refractivity contribution is 5.89. The molecule has 280 valence electrons. The zero-order valence-corrected chi connectivity index (χ0v) is 31.0. The summed E-state index contributed by atoms with van der Waals surface area (Å²) in [6, 6.07) is 41.4. The lowest BCUT2D eigenvalue weighted by atomic mass is 9.89. The molecular formula is C46H51N3O5. The number of carbonyl (C=O) groups excluding carboxylic acids is 1. The molecule has 7 rings (SSSR count). The molecule has 0 aromatic heterocycles. The maximum atomic E-state index is 12.7. The number of likely N-dealkylation sites (tertiary alicyclic amines) is 1. The number of nitrogens with zero attached hydrogens (tertiary/aromatic N) is 1. The van der Waals surface area contributed by atoms with Crippen LogP contribution in [0.3, 0.4) is 0 Å². The maximum Gasteiger partial charge on any atom is 0.319 e. The third-order valence-electron chi connectivity index (χ3n) is 10.5. The molecule has 2 heterocycles. The van der Waals surface area contributed by atoms with E-state index in [9.17, 15) is 9.90 Å². The van der Waals surface area contributed by atoms with Crippen LogP contribution in [0.25, 0.3) is 11.1 Å². The molecule has 54 heavy (non-hydrogen) atoms. The maximum absolute atomic E-state index is 12.7. The van der Waals surface area contributed by atoms with Crippen LogP contribution in [-0.2, 0) is 22.6 Å². The second kappa shape index (κ2) is 18.4. The number of hydrogen-bond donors (Lipinski definition) is 3. The van der Waals surface area contributed by atoms with E-state index in [1.54, 1.807) is 0 Å². The monoisotopic (exact) mass is 725 g/mol. The van der Waals surface area contributed by atoms with E-state index in [-0.39, 0.29) is 30.8 Å². The molecule has 0 radical (unpaired) electrons. The third-order valence-corrected chi connectivity index (χ3v) is 10.5. The number of urea groups is 1. The number of para-hydroxylation sites is 1. The van der Waals surface area contributed by atoms with Crippen LogP contribution in [-0.4, -0.2) is 41.8 Å². The fourth-order valence-electron chi connectivity index (χ4n) is 7.36. The zero-order valence-electron chi connectivity index (χ0n) is 31.0. The van der Waals surface area contributed by atoms with Gasteiger partial charge in [-0.25, -0.2) is 4.79 Å². The largest absolute Gasteiger partial charge is 0.457 e. The van der Waals surface area contributed by atoms with E-state index >= 15 is 0 Å². The molecule has 4 atom stereocenters. The van der Waals surface area contributed by atoms with Crippen LogP contribution in [0, 0.1) is 5.92 Å². The molecule has 2 amide bonds. The van der Waals surface area contributed by atoms with Crippen molar-refractivity contribution in [3.8, 4) is 22.6 Å². The summed E-state index contributed by atoms with van der Waals surface area (Å²) in [6.45, 7) is 5.76. The molecule has 2 fully saturated rings. The molecule has 5 aromatic carbocycles. The average molecular weight is 726 g/mol. The van der Waals surface area contributed by atoms with E-state index < -0.39 is 6.29 Å². The SMILES string of the molecule is C[C@H]1[C@@H](CN2CCCCCCC2)O[C@@H](c2ccc(-c3cccc(CNC(=O)Nc4ccc(Oc5ccccc5)cc4)c3)cc2)O[C@H]1c1ccc(CO)cc1. The van der Waals surface area contributed by atoms with Crippen LogP contribution in [0.2, 0.25) is 0 Å². The van der Waals surface area contributed by atoms with Crippen LogP contribution >= 0.6 is 0 Å².